The van der Waals surface area contributed by atoms with Crippen molar-refractivity contribution in [1.29, 1.82) is 0 Å². The molecule has 0 spiro atoms. The molecule has 112 valence electrons. The topological polar surface area (TPSA) is 70.1 Å². The molecule has 1 aromatic rings. The van der Waals surface area contributed by atoms with Crippen LogP contribution >= 0.6 is 0 Å². The fourth-order valence-corrected chi connectivity index (χ4v) is 2.68. The van der Waals surface area contributed by atoms with E-state index in [4.69, 9.17) is 0 Å². The van der Waals surface area contributed by atoms with Crippen LogP contribution in [-0.4, -0.2) is 33.8 Å². The highest BCUT2D eigenvalue weighted by Gasteiger charge is 2.20. The molecule has 5 heteroatoms. The van der Waals surface area contributed by atoms with Crippen LogP contribution in [-0.2, 0) is 6.42 Å². The van der Waals surface area contributed by atoms with Crippen LogP contribution in [0.5, 0.6) is 0 Å². The summed E-state index contributed by atoms with van der Waals surface area (Å²) in [6, 6.07) is 0.414. The maximum absolute atomic E-state index is 9.57. The zero-order valence-corrected chi connectivity index (χ0v) is 12.5. The van der Waals surface area contributed by atoms with Crippen LogP contribution in [0.2, 0.25) is 0 Å². The molecule has 0 unspecified atom stereocenters. The molecular weight excluding hydrogens is 252 g/mol. The zero-order chi connectivity index (χ0) is 14.4. The first-order valence-corrected chi connectivity index (χ1v) is 7.76. The first-order chi connectivity index (χ1) is 9.74. The third-order valence-corrected chi connectivity index (χ3v) is 3.88. The van der Waals surface area contributed by atoms with E-state index in [1.807, 2.05) is 0 Å². The third kappa shape index (κ3) is 3.82. The van der Waals surface area contributed by atoms with Gasteiger partial charge in [0.2, 0.25) is 0 Å². The number of nitrogens with one attached hydrogen (secondary N) is 2. The Morgan fingerprint density at radius 2 is 1.85 bits per heavy atom. The molecular formula is C15H26N4O. The van der Waals surface area contributed by atoms with Crippen LogP contribution in [0, 0.1) is 0 Å². The molecule has 1 fully saturated rings. The number of hydrogen-bond donors (Lipinski definition) is 3. The smallest absolute Gasteiger partial charge is 0.134 e. The molecule has 0 amide bonds. The minimum atomic E-state index is -0.120. The predicted molar refractivity (Wildman–Crippen MR) is 82.1 cm³/mol. The van der Waals surface area contributed by atoms with Crippen LogP contribution in [0.1, 0.15) is 51.5 Å². The highest BCUT2D eigenvalue weighted by molar-refractivity contribution is 5.57. The average Bonchev–Trinajstić information content (AvgIpc) is 2.47. The summed E-state index contributed by atoms with van der Waals surface area (Å²) < 4.78 is 0. The van der Waals surface area contributed by atoms with Gasteiger partial charge < -0.3 is 15.7 Å². The Balaban J connectivity index is 2.06. The van der Waals surface area contributed by atoms with E-state index in [0.717, 1.165) is 62.3 Å². The first kappa shape index (κ1) is 15.0. The molecule has 1 aliphatic carbocycles. The molecule has 1 aromatic heterocycles. The van der Waals surface area contributed by atoms with E-state index in [1.54, 1.807) is 6.33 Å². The summed E-state index contributed by atoms with van der Waals surface area (Å²) in [4.78, 5) is 8.76. The molecule has 0 radical (unpaired) electrons. The molecule has 1 saturated carbocycles. The number of aliphatic hydroxyl groups excluding tert-OH is 1. The van der Waals surface area contributed by atoms with Crippen molar-refractivity contribution in [2.45, 2.75) is 64.5 Å². The van der Waals surface area contributed by atoms with Gasteiger partial charge in [-0.25, -0.2) is 9.97 Å². The summed E-state index contributed by atoms with van der Waals surface area (Å²) in [5, 5.41) is 16.5. The second kappa shape index (κ2) is 7.43. The van der Waals surface area contributed by atoms with E-state index in [2.05, 4.69) is 34.4 Å². The minimum Gasteiger partial charge on any atom is -0.393 e. The van der Waals surface area contributed by atoms with Crippen molar-refractivity contribution in [1.82, 2.24) is 9.97 Å². The van der Waals surface area contributed by atoms with Crippen LogP contribution < -0.4 is 10.6 Å². The van der Waals surface area contributed by atoms with E-state index < -0.39 is 0 Å². The Morgan fingerprint density at radius 1 is 1.15 bits per heavy atom. The summed E-state index contributed by atoms with van der Waals surface area (Å²) >= 11 is 0. The lowest BCUT2D eigenvalue weighted by atomic mass is 9.93. The largest absolute Gasteiger partial charge is 0.393 e. The van der Waals surface area contributed by atoms with E-state index in [0.29, 0.717) is 6.04 Å². The van der Waals surface area contributed by atoms with Crippen molar-refractivity contribution in [3.8, 4) is 0 Å². The zero-order valence-electron chi connectivity index (χ0n) is 12.5. The van der Waals surface area contributed by atoms with Crippen molar-refractivity contribution in [2.75, 3.05) is 17.2 Å². The predicted octanol–water partition coefficient (Wildman–Crippen LogP) is 2.58. The minimum absolute atomic E-state index is 0.120. The van der Waals surface area contributed by atoms with Crippen molar-refractivity contribution in [2.24, 2.45) is 0 Å². The van der Waals surface area contributed by atoms with Gasteiger partial charge >= 0.3 is 0 Å². The highest BCUT2D eigenvalue weighted by Crippen LogP contribution is 2.25. The lowest BCUT2D eigenvalue weighted by Crippen LogP contribution is -2.29. The molecule has 2 rings (SSSR count). The lowest BCUT2D eigenvalue weighted by molar-refractivity contribution is 0.126. The number of nitrogens with zero attached hydrogens (tertiary/aromatic N) is 2. The molecule has 0 bridgehead atoms. The van der Waals surface area contributed by atoms with Crippen molar-refractivity contribution in [3.63, 3.8) is 0 Å². The van der Waals surface area contributed by atoms with Gasteiger partial charge in [0.05, 0.1) is 6.10 Å². The van der Waals surface area contributed by atoms with Gasteiger partial charge in [0.15, 0.2) is 0 Å². The van der Waals surface area contributed by atoms with Crippen LogP contribution in [0.15, 0.2) is 6.33 Å². The second-order valence-electron chi connectivity index (χ2n) is 5.48. The summed E-state index contributed by atoms with van der Waals surface area (Å²) in [6.45, 7) is 5.21. The first-order valence-electron chi connectivity index (χ1n) is 7.76. The molecule has 20 heavy (non-hydrogen) atoms. The van der Waals surface area contributed by atoms with Gasteiger partial charge in [-0.15, -0.1) is 0 Å². The molecule has 5 nitrogen and oxygen atoms in total. The summed E-state index contributed by atoms with van der Waals surface area (Å²) in [5.74, 6) is 1.89. The van der Waals surface area contributed by atoms with Gasteiger partial charge in [0.1, 0.15) is 18.0 Å². The molecule has 0 saturated heterocycles. The monoisotopic (exact) mass is 278 g/mol. The van der Waals surface area contributed by atoms with Gasteiger partial charge in [-0.05, 0) is 38.5 Å². The van der Waals surface area contributed by atoms with Crippen LogP contribution in [0.25, 0.3) is 0 Å². The summed E-state index contributed by atoms with van der Waals surface area (Å²) in [6.07, 6.45) is 7.26. The van der Waals surface area contributed by atoms with Crippen molar-refractivity contribution < 1.29 is 5.11 Å². The average molecular weight is 278 g/mol. The summed E-state index contributed by atoms with van der Waals surface area (Å²) in [7, 11) is 0. The van der Waals surface area contributed by atoms with Crippen LogP contribution in [0.4, 0.5) is 11.6 Å². The van der Waals surface area contributed by atoms with Gasteiger partial charge in [-0.2, -0.15) is 0 Å². The fourth-order valence-electron chi connectivity index (χ4n) is 2.68. The van der Waals surface area contributed by atoms with Crippen molar-refractivity contribution in [3.05, 3.63) is 11.9 Å². The number of aromatic nitrogens is 2. The van der Waals surface area contributed by atoms with Gasteiger partial charge in [-0.1, -0.05) is 13.8 Å². The number of anilines is 2. The SMILES string of the molecule is CCCNc1ncnc(NC2CCC(O)CC2)c1CC. The molecule has 1 heterocycles. The van der Waals surface area contributed by atoms with E-state index in [-0.39, 0.29) is 6.10 Å². The van der Waals surface area contributed by atoms with E-state index in [9.17, 15) is 5.11 Å². The Bertz CT molecular complexity index is 416. The maximum atomic E-state index is 9.57. The van der Waals surface area contributed by atoms with Gasteiger partial charge in [-0.3, -0.25) is 0 Å². The molecule has 0 aromatic carbocycles. The quantitative estimate of drug-likeness (QED) is 0.746. The fraction of sp³-hybridized carbons (Fsp3) is 0.733. The molecule has 0 atom stereocenters. The molecule has 0 aliphatic heterocycles. The van der Waals surface area contributed by atoms with E-state index in [1.165, 1.54) is 0 Å². The number of aliphatic hydroxyl groups is 1. The highest BCUT2D eigenvalue weighted by atomic mass is 16.3. The maximum Gasteiger partial charge on any atom is 0.134 e. The number of hydrogen-bond acceptors (Lipinski definition) is 5. The second-order valence-corrected chi connectivity index (χ2v) is 5.48. The number of rotatable bonds is 6. The van der Waals surface area contributed by atoms with Crippen LogP contribution in [0.3, 0.4) is 0 Å². The van der Waals surface area contributed by atoms with Crippen molar-refractivity contribution >= 4 is 11.6 Å². The van der Waals surface area contributed by atoms with Gasteiger partial charge in [0.25, 0.3) is 0 Å². The standard InChI is InChI=1S/C15H26N4O/c1-3-9-16-14-13(4-2)15(18-10-17-14)19-11-5-7-12(20)8-6-11/h10-12,20H,3-9H2,1-2H3,(H2,16,17,18,19). The Kier molecular flexibility index (Phi) is 5.59. The third-order valence-electron chi connectivity index (χ3n) is 3.88. The normalized spacial score (nSPS) is 22.6. The van der Waals surface area contributed by atoms with E-state index >= 15 is 0 Å². The molecule has 3 N–H and O–H groups in total. The Morgan fingerprint density at radius 3 is 2.50 bits per heavy atom. The lowest BCUT2D eigenvalue weighted by Gasteiger charge is -2.27. The summed E-state index contributed by atoms with van der Waals surface area (Å²) in [5.41, 5.74) is 1.16. The Hall–Kier alpha value is -1.36. The Labute approximate surface area is 121 Å². The molecule has 1 aliphatic rings. The van der Waals surface area contributed by atoms with Gasteiger partial charge in [0, 0.05) is 18.2 Å².